The number of nitrogens with one attached hydrogen (secondary N) is 1. The molecule has 0 saturated carbocycles. The number of carbonyl (C=O) groups excluding carboxylic acids is 1. The molecule has 1 amide bonds. The second-order valence-corrected chi connectivity index (χ2v) is 8.16. The predicted molar refractivity (Wildman–Crippen MR) is 128 cm³/mol. The van der Waals surface area contributed by atoms with E-state index in [4.69, 9.17) is 14.2 Å². The van der Waals surface area contributed by atoms with E-state index in [-0.39, 0.29) is 12.0 Å². The SMILES string of the molecule is COc1cc(CNC(=O)c2cc3ccccc3c3cccnc23)ccc1OCC1CCCO1. The van der Waals surface area contributed by atoms with Crippen molar-refractivity contribution in [2.24, 2.45) is 0 Å². The van der Waals surface area contributed by atoms with E-state index in [9.17, 15) is 4.79 Å². The van der Waals surface area contributed by atoms with Gasteiger partial charge in [0.05, 0.1) is 24.3 Å². The first-order valence-electron chi connectivity index (χ1n) is 11.2. The van der Waals surface area contributed by atoms with Gasteiger partial charge in [0.15, 0.2) is 11.5 Å². The highest BCUT2D eigenvalue weighted by Gasteiger charge is 2.18. The van der Waals surface area contributed by atoms with Gasteiger partial charge < -0.3 is 19.5 Å². The number of ether oxygens (including phenoxy) is 3. The number of carbonyl (C=O) groups is 1. The van der Waals surface area contributed by atoms with Gasteiger partial charge in [0.1, 0.15) is 6.61 Å². The molecule has 1 aliphatic rings. The smallest absolute Gasteiger partial charge is 0.253 e. The number of amides is 1. The number of hydrogen-bond donors (Lipinski definition) is 1. The molecule has 1 N–H and O–H groups in total. The fourth-order valence-corrected chi connectivity index (χ4v) is 4.28. The van der Waals surface area contributed by atoms with Crippen molar-refractivity contribution in [2.45, 2.75) is 25.5 Å². The Hall–Kier alpha value is -3.64. The van der Waals surface area contributed by atoms with Gasteiger partial charge in [0.25, 0.3) is 5.91 Å². The van der Waals surface area contributed by atoms with E-state index >= 15 is 0 Å². The average molecular weight is 443 g/mol. The van der Waals surface area contributed by atoms with E-state index in [1.54, 1.807) is 13.3 Å². The number of nitrogens with zero attached hydrogens (tertiary/aromatic N) is 1. The highest BCUT2D eigenvalue weighted by molar-refractivity contribution is 6.15. The lowest BCUT2D eigenvalue weighted by atomic mass is 10.0. The molecule has 1 fully saturated rings. The molecule has 168 valence electrons. The molecule has 1 atom stereocenters. The van der Waals surface area contributed by atoms with Crippen LogP contribution in [0.1, 0.15) is 28.8 Å². The van der Waals surface area contributed by atoms with Crippen molar-refractivity contribution in [3.8, 4) is 11.5 Å². The van der Waals surface area contributed by atoms with E-state index in [1.165, 1.54) is 0 Å². The summed E-state index contributed by atoms with van der Waals surface area (Å²) in [5.41, 5.74) is 2.18. The molecule has 1 saturated heterocycles. The van der Waals surface area contributed by atoms with E-state index < -0.39 is 0 Å². The molecule has 3 aromatic carbocycles. The maximum Gasteiger partial charge on any atom is 0.253 e. The lowest BCUT2D eigenvalue weighted by Gasteiger charge is -2.15. The first kappa shape index (κ1) is 21.2. The van der Waals surface area contributed by atoms with Crippen LogP contribution in [0, 0.1) is 0 Å². The van der Waals surface area contributed by atoms with Gasteiger partial charge in [-0.05, 0) is 53.4 Å². The van der Waals surface area contributed by atoms with Gasteiger partial charge in [-0.2, -0.15) is 0 Å². The van der Waals surface area contributed by atoms with Crippen molar-refractivity contribution in [3.63, 3.8) is 0 Å². The van der Waals surface area contributed by atoms with Crippen LogP contribution in [0.15, 0.2) is 66.9 Å². The average Bonchev–Trinajstić information content (AvgIpc) is 3.39. The Morgan fingerprint density at radius 1 is 1.09 bits per heavy atom. The summed E-state index contributed by atoms with van der Waals surface area (Å²) in [6, 6.07) is 19.5. The third-order valence-electron chi connectivity index (χ3n) is 5.99. The lowest BCUT2D eigenvalue weighted by Crippen LogP contribution is -2.23. The summed E-state index contributed by atoms with van der Waals surface area (Å²) in [5.74, 6) is 1.15. The Morgan fingerprint density at radius 2 is 1.97 bits per heavy atom. The molecule has 2 heterocycles. The zero-order valence-corrected chi connectivity index (χ0v) is 18.5. The fourth-order valence-electron chi connectivity index (χ4n) is 4.28. The Morgan fingerprint density at radius 3 is 2.82 bits per heavy atom. The topological polar surface area (TPSA) is 69.7 Å². The molecule has 0 spiro atoms. The minimum Gasteiger partial charge on any atom is -0.493 e. The number of methoxy groups -OCH3 is 1. The molecular weight excluding hydrogens is 416 g/mol. The molecule has 0 aliphatic carbocycles. The number of rotatable bonds is 7. The van der Waals surface area contributed by atoms with Crippen molar-refractivity contribution in [3.05, 3.63) is 78.0 Å². The molecule has 4 aromatic rings. The van der Waals surface area contributed by atoms with Crippen molar-refractivity contribution in [1.82, 2.24) is 10.3 Å². The number of fused-ring (bicyclic) bond motifs is 3. The van der Waals surface area contributed by atoms with Crippen LogP contribution in [0.25, 0.3) is 21.7 Å². The summed E-state index contributed by atoms with van der Waals surface area (Å²) in [4.78, 5) is 17.6. The molecule has 6 heteroatoms. The van der Waals surface area contributed by atoms with Gasteiger partial charge in [-0.3, -0.25) is 9.78 Å². The summed E-state index contributed by atoms with van der Waals surface area (Å²) in [6.07, 6.45) is 3.95. The highest BCUT2D eigenvalue weighted by atomic mass is 16.5. The van der Waals surface area contributed by atoms with Gasteiger partial charge >= 0.3 is 0 Å². The van der Waals surface area contributed by atoms with Crippen LogP contribution < -0.4 is 14.8 Å². The maximum absolute atomic E-state index is 13.1. The molecule has 6 nitrogen and oxygen atoms in total. The van der Waals surface area contributed by atoms with Crippen LogP contribution in [0.3, 0.4) is 0 Å². The molecule has 33 heavy (non-hydrogen) atoms. The Labute approximate surface area is 192 Å². The van der Waals surface area contributed by atoms with Crippen LogP contribution >= 0.6 is 0 Å². The minimum atomic E-state index is -0.165. The first-order valence-corrected chi connectivity index (χ1v) is 11.2. The molecule has 0 radical (unpaired) electrons. The van der Waals surface area contributed by atoms with Gasteiger partial charge in [0, 0.05) is 24.7 Å². The Kier molecular flexibility index (Phi) is 6.09. The summed E-state index contributed by atoms with van der Waals surface area (Å²) in [7, 11) is 1.61. The summed E-state index contributed by atoms with van der Waals surface area (Å²) in [5, 5.41) is 6.09. The van der Waals surface area contributed by atoms with E-state index in [2.05, 4.69) is 16.4 Å². The number of aromatic nitrogens is 1. The molecule has 5 rings (SSSR count). The highest BCUT2D eigenvalue weighted by Crippen LogP contribution is 2.30. The predicted octanol–water partition coefficient (Wildman–Crippen LogP) is 4.88. The van der Waals surface area contributed by atoms with Gasteiger partial charge in [-0.25, -0.2) is 0 Å². The minimum absolute atomic E-state index is 0.138. The van der Waals surface area contributed by atoms with Gasteiger partial charge in [-0.15, -0.1) is 0 Å². The molecular formula is C27H26N2O4. The van der Waals surface area contributed by atoms with Crippen molar-refractivity contribution < 1.29 is 19.0 Å². The molecule has 1 unspecified atom stereocenters. The monoisotopic (exact) mass is 442 g/mol. The van der Waals surface area contributed by atoms with Crippen molar-refractivity contribution in [2.75, 3.05) is 20.3 Å². The first-order chi connectivity index (χ1) is 16.2. The third kappa shape index (κ3) is 4.47. The molecule has 0 bridgehead atoms. The second kappa shape index (κ2) is 9.46. The van der Waals surface area contributed by atoms with Crippen LogP contribution in [-0.2, 0) is 11.3 Å². The molecule has 1 aromatic heterocycles. The normalized spacial score (nSPS) is 15.6. The Bertz CT molecular complexity index is 1300. The van der Waals surface area contributed by atoms with Crippen LogP contribution in [0.5, 0.6) is 11.5 Å². The zero-order chi connectivity index (χ0) is 22.6. The molecule has 1 aliphatic heterocycles. The lowest BCUT2D eigenvalue weighted by molar-refractivity contribution is 0.0669. The maximum atomic E-state index is 13.1. The number of pyridine rings is 1. The standard InChI is InChI=1S/C27H26N2O4/c1-31-25-14-18(10-11-24(25)33-17-20-7-5-13-32-20)16-29-27(30)23-15-19-6-2-3-8-21(19)22-9-4-12-28-26(22)23/h2-4,6,8-12,14-15,20H,5,7,13,16-17H2,1H3,(H,29,30). The quantitative estimate of drug-likeness (QED) is 0.413. The van der Waals surface area contributed by atoms with Crippen molar-refractivity contribution in [1.29, 1.82) is 0 Å². The number of hydrogen-bond acceptors (Lipinski definition) is 5. The van der Waals surface area contributed by atoms with Crippen LogP contribution in [0.4, 0.5) is 0 Å². The zero-order valence-electron chi connectivity index (χ0n) is 18.5. The summed E-state index contributed by atoms with van der Waals surface area (Å²) < 4.78 is 17.0. The van der Waals surface area contributed by atoms with E-state index in [0.717, 1.165) is 41.2 Å². The largest absolute Gasteiger partial charge is 0.493 e. The van der Waals surface area contributed by atoms with Crippen LogP contribution in [-0.4, -0.2) is 37.3 Å². The number of benzene rings is 3. The van der Waals surface area contributed by atoms with Crippen molar-refractivity contribution >= 4 is 27.6 Å². The van der Waals surface area contributed by atoms with E-state index in [0.29, 0.717) is 35.7 Å². The fraction of sp³-hybridized carbons (Fsp3) is 0.259. The summed E-state index contributed by atoms with van der Waals surface area (Å²) >= 11 is 0. The third-order valence-corrected chi connectivity index (χ3v) is 5.99. The second-order valence-electron chi connectivity index (χ2n) is 8.16. The van der Waals surface area contributed by atoms with E-state index in [1.807, 2.05) is 54.6 Å². The van der Waals surface area contributed by atoms with Gasteiger partial charge in [0.2, 0.25) is 0 Å². The van der Waals surface area contributed by atoms with Gasteiger partial charge in [-0.1, -0.05) is 36.4 Å². The summed E-state index contributed by atoms with van der Waals surface area (Å²) in [6.45, 7) is 1.67. The Balaban J connectivity index is 1.33. The van der Waals surface area contributed by atoms with Crippen LogP contribution in [0.2, 0.25) is 0 Å².